The van der Waals surface area contributed by atoms with Crippen LogP contribution in [0.3, 0.4) is 0 Å². The van der Waals surface area contributed by atoms with Gasteiger partial charge in [-0.25, -0.2) is 4.79 Å². The van der Waals surface area contributed by atoms with E-state index in [2.05, 4.69) is 11.4 Å². The number of anilines is 1. The van der Waals surface area contributed by atoms with E-state index in [0.29, 0.717) is 28.3 Å². The number of carbonyl (C=O) groups is 1. The summed E-state index contributed by atoms with van der Waals surface area (Å²) in [5.41, 5.74) is 3.43. The molecule has 1 heterocycles. The van der Waals surface area contributed by atoms with Crippen molar-refractivity contribution in [1.82, 2.24) is 0 Å². The van der Waals surface area contributed by atoms with E-state index < -0.39 is 5.97 Å². The Labute approximate surface area is 168 Å². The van der Waals surface area contributed by atoms with Gasteiger partial charge in [-0.05, 0) is 47.0 Å². The van der Waals surface area contributed by atoms with Crippen molar-refractivity contribution in [3.63, 3.8) is 0 Å². The third-order valence-electron chi connectivity index (χ3n) is 4.93. The van der Waals surface area contributed by atoms with E-state index >= 15 is 0 Å². The molecule has 2 N–H and O–H groups in total. The molecule has 1 aromatic heterocycles. The van der Waals surface area contributed by atoms with E-state index in [1.807, 2.05) is 43.3 Å². The average Bonchev–Trinajstić information content (AvgIpc) is 3.08. The minimum Gasteiger partial charge on any atom is -0.504 e. The van der Waals surface area contributed by atoms with E-state index in [1.165, 1.54) is 7.11 Å². The van der Waals surface area contributed by atoms with Crippen molar-refractivity contribution in [2.75, 3.05) is 19.5 Å². The molecule has 0 saturated carbocycles. The molecule has 0 fully saturated rings. The molecule has 146 valence electrons. The summed E-state index contributed by atoms with van der Waals surface area (Å²) in [5, 5.41) is 16.2. The summed E-state index contributed by atoms with van der Waals surface area (Å²) in [7, 11) is 3.06. The van der Waals surface area contributed by atoms with Crippen LogP contribution in [-0.2, 0) is 4.74 Å². The number of hydrogen-bond acceptors (Lipinski definition) is 5. The normalized spacial score (nSPS) is 10.9. The SMILES string of the molecule is CNc1oc(-c2cc(C)cc3ccccc23)c(O)c1-c1cccc(C(=O)OC)c1. The molecular weight excluding hydrogens is 366 g/mol. The lowest BCUT2D eigenvalue weighted by molar-refractivity contribution is 0.0600. The highest BCUT2D eigenvalue weighted by molar-refractivity contribution is 6.00. The molecule has 0 saturated heterocycles. The van der Waals surface area contributed by atoms with Crippen LogP contribution in [0.4, 0.5) is 5.88 Å². The highest BCUT2D eigenvalue weighted by Crippen LogP contribution is 2.47. The smallest absolute Gasteiger partial charge is 0.337 e. The van der Waals surface area contributed by atoms with Crippen LogP contribution in [-0.4, -0.2) is 25.2 Å². The number of fused-ring (bicyclic) bond motifs is 1. The molecule has 0 unspecified atom stereocenters. The monoisotopic (exact) mass is 387 g/mol. The summed E-state index contributed by atoms with van der Waals surface area (Å²) in [5.74, 6) is 0.385. The molecule has 0 atom stereocenters. The number of esters is 1. The minimum absolute atomic E-state index is 0.0205. The number of aromatic hydroxyl groups is 1. The number of hydrogen-bond donors (Lipinski definition) is 2. The molecule has 3 aromatic carbocycles. The predicted octanol–water partition coefficient (Wildman–Crippen LogP) is 5.61. The number of ether oxygens (including phenoxy) is 1. The van der Waals surface area contributed by atoms with Crippen molar-refractivity contribution in [3.05, 3.63) is 71.8 Å². The molecule has 5 heteroatoms. The Bertz CT molecular complexity index is 1220. The first-order valence-corrected chi connectivity index (χ1v) is 9.25. The van der Waals surface area contributed by atoms with Crippen LogP contribution in [0.5, 0.6) is 5.75 Å². The second-order valence-electron chi connectivity index (χ2n) is 6.84. The van der Waals surface area contributed by atoms with Crippen LogP contribution in [0.1, 0.15) is 15.9 Å². The molecule has 5 nitrogen and oxygen atoms in total. The molecule has 4 aromatic rings. The van der Waals surface area contributed by atoms with Crippen LogP contribution >= 0.6 is 0 Å². The summed E-state index contributed by atoms with van der Waals surface area (Å²) in [6.07, 6.45) is 0. The maximum Gasteiger partial charge on any atom is 0.337 e. The Morgan fingerprint density at radius 2 is 1.86 bits per heavy atom. The number of nitrogens with one attached hydrogen (secondary N) is 1. The van der Waals surface area contributed by atoms with E-state index in [-0.39, 0.29) is 5.75 Å². The Morgan fingerprint density at radius 1 is 1.07 bits per heavy atom. The highest BCUT2D eigenvalue weighted by Gasteiger charge is 2.24. The maximum atomic E-state index is 11.9. The van der Waals surface area contributed by atoms with Gasteiger partial charge in [-0.15, -0.1) is 0 Å². The summed E-state index contributed by atoms with van der Waals surface area (Å²) >= 11 is 0. The molecule has 0 spiro atoms. The lowest BCUT2D eigenvalue weighted by atomic mass is 9.98. The first-order valence-electron chi connectivity index (χ1n) is 9.25. The van der Waals surface area contributed by atoms with Gasteiger partial charge in [0.15, 0.2) is 11.5 Å². The van der Waals surface area contributed by atoms with Crippen LogP contribution < -0.4 is 5.32 Å². The fourth-order valence-electron chi connectivity index (χ4n) is 3.62. The number of furan rings is 1. The van der Waals surface area contributed by atoms with Gasteiger partial charge in [0.05, 0.1) is 18.2 Å². The molecule has 0 aliphatic heterocycles. The zero-order valence-corrected chi connectivity index (χ0v) is 16.4. The minimum atomic E-state index is -0.439. The second kappa shape index (κ2) is 7.36. The van der Waals surface area contributed by atoms with Gasteiger partial charge in [-0.3, -0.25) is 0 Å². The number of rotatable bonds is 4. The number of methoxy groups -OCH3 is 1. The standard InChI is InChI=1S/C24H21NO4/c1-14-11-15-7-4-5-10-18(15)19(12-14)22-21(26)20(23(25-2)29-22)16-8-6-9-17(13-16)24(27)28-3/h4-13,25-26H,1-3H3. The van der Waals surface area contributed by atoms with Gasteiger partial charge in [0, 0.05) is 12.6 Å². The second-order valence-corrected chi connectivity index (χ2v) is 6.84. The molecule has 0 amide bonds. The molecule has 4 rings (SSSR count). The van der Waals surface area contributed by atoms with Crippen LogP contribution in [0, 0.1) is 6.92 Å². The molecule has 0 aliphatic carbocycles. The van der Waals surface area contributed by atoms with Gasteiger partial charge in [0.2, 0.25) is 5.88 Å². The van der Waals surface area contributed by atoms with Crippen molar-refractivity contribution < 1.29 is 19.1 Å². The predicted molar refractivity (Wildman–Crippen MR) is 114 cm³/mol. The van der Waals surface area contributed by atoms with E-state index in [4.69, 9.17) is 9.15 Å². The first-order chi connectivity index (χ1) is 14.0. The molecule has 0 aliphatic rings. The Balaban J connectivity index is 1.95. The number of carbonyl (C=O) groups excluding carboxylic acids is 1. The summed E-state index contributed by atoms with van der Waals surface area (Å²) in [6, 6.07) is 19.0. The fraction of sp³-hybridized carbons (Fsp3) is 0.125. The number of benzene rings is 3. The van der Waals surface area contributed by atoms with Crippen molar-refractivity contribution in [2.24, 2.45) is 0 Å². The van der Waals surface area contributed by atoms with Gasteiger partial charge in [0.25, 0.3) is 0 Å². The summed E-state index contributed by atoms with van der Waals surface area (Å²) in [6.45, 7) is 2.01. The lowest BCUT2D eigenvalue weighted by Gasteiger charge is -2.07. The van der Waals surface area contributed by atoms with Gasteiger partial charge < -0.3 is 19.6 Å². The third kappa shape index (κ3) is 3.21. The molecule has 0 bridgehead atoms. The maximum absolute atomic E-state index is 11.9. The zero-order chi connectivity index (χ0) is 20.5. The highest BCUT2D eigenvalue weighted by atomic mass is 16.5. The fourth-order valence-corrected chi connectivity index (χ4v) is 3.62. The Hall–Kier alpha value is -3.73. The van der Waals surface area contributed by atoms with E-state index in [0.717, 1.165) is 21.9 Å². The molecule has 0 radical (unpaired) electrons. The van der Waals surface area contributed by atoms with E-state index in [1.54, 1.807) is 25.2 Å². The van der Waals surface area contributed by atoms with E-state index in [9.17, 15) is 9.90 Å². The average molecular weight is 387 g/mol. The Morgan fingerprint density at radius 3 is 2.62 bits per heavy atom. The topological polar surface area (TPSA) is 71.7 Å². The van der Waals surface area contributed by atoms with Gasteiger partial charge in [-0.2, -0.15) is 0 Å². The Kier molecular flexibility index (Phi) is 4.72. The van der Waals surface area contributed by atoms with Crippen molar-refractivity contribution >= 4 is 22.6 Å². The zero-order valence-electron chi connectivity index (χ0n) is 16.4. The molecule has 29 heavy (non-hydrogen) atoms. The largest absolute Gasteiger partial charge is 0.504 e. The number of aryl methyl sites for hydroxylation is 1. The third-order valence-corrected chi connectivity index (χ3v) is 4.93. The van der Waals surface area contributed by atoms with Crippen LogP contribution in [0.2, 0.25) is 0 Å². The first kappa shape index (κ1) is 18.6. The lowest BCUT2D eigenvalue weighted by Crippen LogP contribution is -2.00. The van der Waals surface area contributed by atoms with Crippen LogP contribution in [0.15, 0.2) is 65.1 Å². The quantitative estimate of drug-likeness (QED) is 0.445. The van der Waals surface area contributed by atoms with Gasteiger partial charge in [-0.1, -0.05) is 42.5 Å². The van der Waals surface area contributed by atoms with Crippen molar-refractivity contribution in [2.45, 2.75) is 6.92 Å². The van der Waals surface area contributed by atoms with Gasteiger partial charge in [0.1, 0.15) is 0 Å². The van der Waals surface area contributed by atoms with Gasteiger partial charge >= 0.3 is 5.97 Å². The summed E-state index contributed by atoms with van der Waals surface area (Å²) in [4.78, 5) is 11.9. The summed E-state index contributed by atoms with van der Waals surface area (Å²) < 4.78 is 10.9. The van der Waals surface area contributed by atoms with Crippen molar-refractivity contribution in [3.8, 4) is 28.2 Å². The van der Waals surface area contributed by atoms with Crippen LogP contribution in [0.25, 0.3) is 33.2 Å². The molecular formula is C24H21NO4. The van der Waals surface area contributed by atoms with Crippen molar-refractivity contribution in [1.29, 1.82) is 0 Å².